The molecule has 2 N–H and O–H groups in total. The summed E-state index contributed by atoms with van der Waals surface area (Å²) < 4.78 is 0. The van der Waals surface area contributed by atoms with Crippen LogP contribution >= 0.6 is 0 Å². The van der Waals surface area contributed by atoms with Crippen LogP contribution in [0.5, 0.6) is 0 Å². The maximum absolute atomic E-state index is 5.59. The van der Waals surface area contributed by atoms with E-state index in [4.69, 9.17) is 5.73 Å². The minimum Gasteiger partial charge on any atom is -0.405 e. The molecule has 0 aromatic heterocycles. The zero-order valence-corrected chi connectivity index (χ0v) is 10.5. The van der Waals surface area contributed by atoms with E-state index in [1.807, 2.05) is 0 Å². The first-order chi connectivity index (χ1) is 8.81. The average molecular weight is 235 g/mol. The minimum absolute atomic E-state index is 0.389. The van der Waals surface area contributed by atoms with E-state index in [-0.39, 0.29) is 0 Å². The number of nitrogens with two attached hydrogens (primary N) is 1. The van der Waals surface area contributed by atoms with E-state index in [0.29, 0.717) is 11.8 Å². The molecule has 0 saturated carbocycles. The van der Waals surface area contributed by atoms with Gasteiger partial charge in [0.25, 0.3) is 0 Å². The molecule has 0 fully saturated rings. The predicted octanol–water partition coefficient (Wildman–Crippen LogP) is 4.06. The highest BCUT2D eigenvalue weighted by Crippen LogP contribution is 2.38. The molecule has 2 atom stereocenters. The third kappa shape index (κ3) is 1.63. The maximum atomic E-state index is 5.59. The van der Waals surface area contributed by atoms with Crippen LogP contribution in [0.2, 0.25) is 0 Å². The van der Waals surface area contributed by atoms with Crippen molar-refractivity contribution >= 4 is 16.8 Å². The molecule has 2 aromatic rings. The van der Waals surface area contributed by atoms with Crippen LogP contribution in [0.1, 0.15) is 24.0 Å². The second-order valence-corrected chi connectivity index (χ2v) is 4.92. The van der Waals surface area contributed by atoms with E-state index in [2.05, 4.69) is 61.5 Å². The predicted molar refractivity (Wildman–Crippen MR) is 78.2 cm³/mol. The fourth-order valence-corrected chi connectivity index (χ4v) is 2.84. The molecule has 0 heterocycles. The third-order valence-electron chi connectivity index (χ3n) is 3.81. The molecule has 0 radical (unpaired) electrons. The first-order valence-electron chi connectivity index (χ1n) is 6.39. The molecule has 3 rings (SSSR count). The van der Waals surface area contributed by atoms with Gasteiger partial charge in [0, 0.05) is 5.92 Å². The first kappa shape index (κ1) is 11.1. The summed E-state index contributed by atoms with van der Waals surface area (Å²) in [5.74, 6) is 0.887. The van der Waals surface area contributed by atoms with Crippen LogP contribution in [0, 0.1) is 5.92 Å². The van der Waals surface area contributed by atoms with Gasteiger partial charge in [-0.15, -0.1) is 0 Å². The Morgan fingerprint density at radius 2 is 1.94 bits per heavy atom. The van der Waals surface area contributed by atoms with Crippen LogP contribution in [-0.2, 0) is 0 Å². The molecular weight excluding hydrogens is 218 g/mol. The normalized spacial score (nSPS) is 22.5. The molecule has 2 unspecified atom stereocenters. The van der Waals surface area contributed by atoms with Gasteiger partial charge in [-0.3, -0.25) is 0 Å². The van der Waals surface area contributed by atoms with Crippen molar-refractivity contribution in [3.8, 4) is 0 Å². The molecule has 0 spiro atoms. The number of allylic oxidation sites excluding steroid dienone is 2. The fourth-order valence-electron chi connectivity index (χ4n) is 2.84. The van der Waals surface area contributed by atoms with Crippen molar-refractivity contribution in [3.05, 3.63) is 65.9 Å². The van der Waals surface area contributed by atoms with E-state index in [1.165, 1.54) is 21.9 Å². The smallest absolute Gasteiger partial charge is 0.0102 e. The van der Waals surface area contributed by atoms with Gasteiger partial charge in [-0.25, -0.2) is 0 Å². The van der Waals surface area contributed by atoms with Gasteiger partial charge in [0.1, 0.15) is 0 Å². The zero-order chi connectivity index (χ0) is 12.5. The summed E-state index contributed by atoms with van der Waals surface area (Å²) in [6, 6.07) is 13.0. The van der Waals surface area contributed by atoms with Crippen molar-refractivity contribution in [1.82, 2.24) is 0 Å². The Morgan fingerprint density at radius 1 is 1.11 bits per heavy atom. The quantitative estimate of drug-likeness (QED) is 0.792. The van der Waals surface area contributed by atoms with Crippen molar-refractivity contribution in [2.75, 3.05) is 0 Å². The Bertz CT molecular complexity index is 637. The molecule has 18 heavy (non-hydrogen) atoms. The molecule has 0 bridgehead atoms. The third-order valence-corrected chi connectivity index (χ3v) is 3.81. The number of hydrogen-bond acceptors (Lipinski definition) is 1. The van der Waals surface area contributed by atoms with Crippen molar-refractivity contribution in [2.45, 2.75) is 12.8 Å². The van der Waals surface area contributed by atoms with E-state index in [9.17, 15) is 0 Å². The number of fused-ring (bicyclic) bond motifs is 3. The second-order valence-electron chi connectivity index (χ2n) is 4.92. The summed E-state index contributed by atoms with van der Waals surface area (Å²) in [5, 5.41) is 2.62. The lowest BCUT2D eigenvalue weighted by atomic mass is 9.79. The highest BCUT2D eigenvalue weighted by molar-refractivity contribution is 5.92. The summed E-state index contributed by atoms with van der Waals surface area (Å²) in [6.07, 6.45) is 8.30. The monoisotopic (exact) mass is 235 g/mol. The van der Waals surface area contributed by atoms with E-state index >= 15 is 0 Å². The molecule has 1 heteroatoms. The molecule has 1 aliphatic rings. The maximum Gasteiger partial charge on any atom is 0.0102 e. The largest absolute Gasteiger partial charge is 0.405 e. The van der Waals surface area contributed by atoms with Crippen LogP contribution < -0.4 is 5.73 Å². The summed E-state index contributed by atoms with van der Waals surface area (Å²) in [5.41, 5.74) is 8.31. The second kappa shape index (κ2) is 4.34. The van der Waals surface area contributed by atoms with Crippen molar-refractivity contribution < 1.29 is 0 Å². The van der Waals surface area contributed by atoms with Gasteiger partial charge in [0.2, 0.25) is 0 Å². The topological polar surface area (TPSA) is 26.0 Å². The van der Waals surface area contributed by atoms with Crippen LogP contribution in [-0.4, -0.2) is 0 Å². The van der Waals surface area contributed by atoms with Gasteiger partial charge < -0.3 is 5.73 Å². The average Bonchev–Trinajstić information content (AvgIpc) is 2.41. The highest BCUT2D eigenvalue weighted by Gasteiger charge is 2.21. The molecule has 0 aliphatic heterocycles. The van der Waals surface area contributed by atoms with Crippen molar-refractivity contribution in [2.24, 2.45) is 11.7 Å². The minimum atomic E-state index is 0.389. The number of rotatable bonds is 1. The lowest BCUT2D eigenvalue weighted by molar-refractivity contribution is 0.636. The molecule has 0 amide bonds. The first-order valence-corrected chi connectivity index (χ1v) is 6.39. The summed E-state index contributed by atoms with van der Waals surface area (Å²) in [4.78, 5) is 0. The zero-order valence-electron chi connectivity index (χ0n) is 10.5. The Hall–Kier alpha value is -2.02. The lowest BCUT2D eigenvalue weighted by Crippen LogP contribution is -2.11. The number of benzene rings is 2. The van der Waals surface area contributed by atoms with Crippen molar-refractivity contribution in [3.63, 3.8) is 0 Å². The van der Waals surface area contributed by atoms with Gasteiger partial charge in [-0.1, -0.05) is 61.5 Å². The van der Waals surface area contributed by atoms with Gasteiger partial charge in [0.05, 0.1) is 0 Å². The van der Waals surface area contributed by atoms with E-state index < -0.39 is 0 Å². The highest BCUT2D eigenvalue weighted by atomic mass is 14.5. The summed E-state index contributed by atoms with van der Waals surface area (Å²) in [6.45, 7) is 2.24. The summed E-state index contributed by atoms with van der Waals surface area (Å²) in [7, 11) is 0. The van der Waals surface area contributed by atoms with Gasteiger partial charge in [-0.05, 0) is 34.0 Å². The Kier molecular flexibility index (Phi) is 2.67. The van der Waals surface area contributed by atoms with Crippen LogP contribution in [0.15, 0.2) is 54.8 Å². The molecule has 1 nitrogen and oxygen atoms in total. The summed E-state index contributed by atoms with van der Waals surface area (Å²) >= 11 is 0. The van der Waals surface area contributed by atoms with E-state index in [1.54, 1.807) is 6.20 Å². The molecular formula is C17H17N. The van der Waals surface area contributed by atoms with Gasteiger partial charge in [-0.2, -0.15) is 0 Å². The SMILES string of the molecule is CC1C=Cc2c(ccc3ccccc23)C1/C=C\N. The van der Waals surface area contributed by atoms with Crippen molar-refractivity contribution in [1.29, 1.82) is 0 Å². The molecule has 1 aliphatic carbocycles. The lowest BCUT2D eigenvalue weighted by Gasteiger charge is -2.25. The van der Waals surface area contributed by atoms with Gasteiger partial charge in [0.15, 0.2) is 0 Å². The van der Waals surface area contributed by atoms with Crippen LogP contribution in [0.4, 0.5) is 0 Å². The standard InChI is InChI=1S/C17H17N/c1-12-6-8-17-15-5-3-2-4-13(15)7-9-16(17)14(12)10-11-18/h2-12,14H,18H2,1H3/b11-10-. The Labute approximate surface area is 108 Å². The molecule has 90 valence electrons. The fraction of sp³-hybridized carbons (Fsp3) is 0.176. The number of hydrogen-bond donors (Lipinski definition) is 1. The van der Waals surface area contributed by atoms with Crippen LogP contribution in [0.25, 0.3) is 16.8 Å². The van der Waals surface area contributed by atoms with E-state index in [0.717, 1.165) is 0 Å². The Morgan fingerprint density at radius 3 is 2.78 bits per heavy atom. The molecule has 2 aromatic carbocycles. The van der Waals surface area contributed by atoms with Gasteiger partial charge >= 0.3 is 0 Å². The molecule has 0 saturated heterocycles. The Balaban J connectivity index is 2.28. The van der Waals surface area contributed by atoms with Crippen LogP contribution in [0.3, 0.4) is 0 Å².